The van der Waals surface area contributed by atoms with Crippen LogP contribution in [0.25, 0.3) is 5.69 Å². The molecule has 0 spiro atoms. The highest BCUT2D eigenvalue weighted by atomic mass is 32.1. The van der Waals surface area contributed by atoms with E-state index >= 15 is 0 Å². The Morgan fingerprint density at radius 3 is 2.41 bits per heavy atom. The van der Waals surface area contributed by atoms with E-state index in [1.165, 1.54) is 21.6 Å². The van der Waals surface area contributed by atoms with Crippen LogP contribution in [0.3, 0.4) is 0 Å². The lowest BCUT2D eigenvalue weighted by Gasteiger charge is -2.48. The number of nitrogens with zero attached hydrogens (tertiary/aromatic N) is 5. The number of carbonyl (C=O) groups is 1. The van der Waals surface area contributed by atoms with Gasteiger partial charge in [0.25, 0.3) is 0 Å². The Kier molecular flexibility index (Phi) is 7.45. The molecule has 1 aliphatic rings. The van der Waals surface area contributed by atoms with Gasteiger partial charge >= 0.3 is 11.8 Å². The third kappa shape index (κ3) is 6.32. The third-order valence-corrected chi connectivity index (χ3v) is 7.92. The van der Waals surface area contributed by atoms with E-state index in [1.54, 1.807) is 23.5 Å². The fourth-order valence-corrected chi connectivity index (χ4v) is 5.78. The molecule has 1 saturated heterocycles. The van der Waals surface area contributed by atoms with Gasteiger partial charge in [0, 0.05) is 30.0 Å². The number of amides is 1. The van der Waals surface area contributed by atoms with Crippen LogP contribution in [0.15, 0.2) is 53.6 Å². The fraction of sp³-hybridized carbons (Fsp3) is 0.379. The number of aryl methyl sites for hydroxylation is 1. The van der Waals surface area contributed by atoms with Crippen molar-refractivity contribution < 1.29 is 18.3 Å². The molecule has 216 valence electrons. The minimum Gasteiger partial charge on any atom is -0.444 e. The zero-order valence-electron chi connectivity index (χ0n) is 23.6. The largest absolute Gasteiger partial charge is 0.444 e. The zero-order valence-corrected chi connectivity index (χ0v) is 24.4. The number of alkyl carbamates (subject to hydrolysis) is 1. The van der Waals surface area contributed by atoms with E-state index in [9.17, 15) is 18.4 Å². The van der Waals surface area contributed by atoms with Gasteiger partial charge in [-0.1, -0.05) is 18.2 Å². The molecule has 2 aromatic carbocycles. The summed E-state index contributed by atoms with van der Waals surface area (Å²) < 4.78 is 35.8. The zero-order chi connectivity index (χ0) is 29.5. The average Bonchev–Trinajstić information content (AvgIpc) is 3.41. The van der Waals surface area contributed by atoms with Crippen molar-refractivity contribution in [3.05, 3.63) is 92.6 Å². The first-order valence-electron chi connectivity index (χ1n) is 13.2. The quantitative estimate of drug-likeness (QED) is 0.336. The summed E-state index contributed by atoms with van der Waals surface area (Å²) in [6.45, 7) is 10.5. The Balaban J connectivity index is 1.22. The standard InChI is InChI=1S/C29H32F2N6O3S/c1-18-24(41-25(33-18)36-15-29(5,16-36)34-26(38)40-28(2,3)4)13-19-9-11-20(12-10-19)37-27(39)35(17-32-37)14-21-22(30)7-6-8-23(21)31/h6-12,17H,13-16H2,1-5H3,(H,34,38). The van der Waals surface area contributed by atoms with Gasteiger partial charge < -0.3 is 15.0 Å². The van der Waals surface area contributed by atoms with Crippen LogP contribution < -0.4 is 15.9 Å². The van der Waals surface area contributed by atoms with Gasteiger partial charge in [-0.15, -0.1) is 11.3 Å². The highest BCUT2D eigenvalue weighted by Crippen LogP contribution is 2.34. The van der Waals surface area contributed by atoms with E-state index in [4.69, 9.17) is 9.72 Å². The smallest absolute Gasteiger partial charge is 0.408 e. The topological polar surface area (TPSA) is 94.3 Å². The van der Waals surface area contributed by atoms with Crippen molar-refractivity contribution in [2.45, 2.75) is 58.7 Å². The first kappa shape index (κ1) is 28.5. The number of rotatable bonds is 7. The number of hydrogen-bond donors (Lipinski definition) is 1. The number of carbonyl (C=O) groups excluding carboxylic acids is 1. The first-order valence-corrected chi connectivity index (χ1v) is 14.0. The number of thiazole rings is 1. The van der Waals surface area contributed by atoms with Gasteiger partial charge in [-0.2, -0.15) is 9.78 Å². The SMILES string of the molecule is Cc1nc(N2CC(C)(NC(=O)OC(C)(C)C)C2)sc1Cc1ccc(-n2ncn(Cc3c(F)cccc3F)c2=O)cc1. The molecule has 0 bridgehead atoms. The minimum atomic E-state index is -0.712. The second-order valence-corrected chi connectivity index (χ2v) is 12.6. The van der Waals surface area contributed by atoms with Gasteiger partial charge in [0.1, 0.15) is 23.6 Å². The molecule has 4 aromatic rings. The molecule has 9 nitrogen and oxygen atoms in total. The van der Waals surface area contributed by atoms with E-state index in [2.05, 4.69) is 15.3 Å². The Morgan fingerprint density at radius 1 is 1.12 bits per heavy atom. The maximum atomic E-state index is 14.0. The summed E-state index contributed by atoms with van der Waals surface area (Å²) in [4.78, 5) is 33.1. The average molecular weight is 583 g/mol. The molecule has 41 heavy (non-hydrogen) atoms. The molecule has 0 unspecified atom stereocenters. The predicted molar refractivity (Wildman–Crippen MR) is 153 cm³/mol. The van der Waals surface area contributed by atoms with Crippen LogP contribution in [0, 0.1) is 18.6 Å². The van der Waals surface area contributed by atoms with Crippen LogP contribution in [0.1, 0.15) is 49.4 Å². The van der Waals surface area contributed by atoms with Crippen molar-refractivity contribution >= 4 is 22.6 Å². The molecular formula is C29H32F2N6O3S. The molecular weight excluding hydrogens is 550 g/mol. The number of hydrogen-bond acceptors (Lipinski definition) is 7. The summed E-state index contributed by atoms with van der Waals surface area (Å²) >= 11 is 1.62. The summed E-state index contributed by atoms with van der Waals surface area (Å²) in [6, 6.07) is 11.0. The lowest BCUT2D eigenvalue weighted by Crippen LogP contribution is -2.69. The van der Waals surface area contributed by atoms with Crippen molar-refractivity contribution in [1.82, 2.24) is 24.6 Å². The lowest BCUT2D eigenvalue weighted by atomic mass is 9.93. The Hall–Kier alpha value is -4.06. The van der Waals surface area contributed by atoms with Crippen LogP contribution in [-0.4, -0.2) is 49.7 Å². The lowest BCUT2D eigenvalue weighted by molar-refractivity contribution is 0.0445. The van der Waals surface area contributed by atoms with E-state index < -0.39 is 29.0 Å². The second kappa shape index (κ2) is 10.7. The molecule has 0 aliphatic carbocycles. The Bertz CT molecular complexity index is 1610. The van der Waals surface area contributed by atoms with Crippen LogP contribution in [0.5, 0.6) is 0 Å². The van der Waals surface area contributed by atoms with Crippen LogP contribution >= 0.6 is 11.3 Å². The molecule has 1 amide bonds. The summed E-state index contributed by atoms with van der Waals surface area (Å²) in [5, 5.41) is 7.99. The van der Waals surface area contributed by atoms with Gasteiger partial charge in [-0.25, -0.2) is 23.4 Å². The van der Waals surface area contributed by atoms with Crippen molar-refractivity contribution in [3.63, 3.8) is 0 Å². The molecule has 0 atom stereocenters. The molecule has 1 fully saturated rings. The second-order valence-electron chi connectivity index (χ2n) is 11.5. The third-order valence-electron chi connectivity index (χ3n) is 6.70. The molecule has 3 heterocycles. The molecule has 1 aliphatic heterocycles. The number of aromatic nitrogens is 4. The Labute approximate surface area is 240 Å². The van der Waals surface area contributed by atoms with Gasteiger partial charge in [0.2, 0.25) is 0 Å². The molecule has 0 saturated carbocycles. The van der Waals surface area contributed by atoms with E-state index in [0.717, 1.165) is 33.4 Å². The van der Waals surface area contributed by atoms with Crippen LogP contribution in [0.2, 0.25) is 0 Å². The molecule has 2 aromatic heterocycles. The summed E-state index contributed by atoms with van der Waals surface area (Å²) in [5.41, 5.74) is 0.908. The van der Waals surface area contributed by atoms with Crippen molar-refractivity contribution in [1.29, 1.82) is 0 Å². The highest BCUT2D eigenvalue weighted by Gasteiger charge is 2.42. The van der Waals surface area contributed by atoms with Gasteiger partial charge in [-0.05, 0) is 64.4 Å². The van der Waals surface area contributed by atoms with Gasteiger partial charge in [-0.3, -0.25) is 4.57 Å². The predicted octanol–water partition coefficient (Wildman–Crippen LogP) is 4.82. The van der Waals surface area contributed by atoms with E-state index in [1.807, 2.05) is 46.8 Å². The molecule has 5 rings (SSSR count). The van der Waals surface area contributed by atoms with Crippen LogP contribution in [0.4, 0.5) is 18.7 Å². The monoisotopic (exact) mass is 582 g/mol. The van der Waals surface area contributed by atoms with E-state index in [0.29, 0.717) is 25.2 Å². The number of benzene rings is 2. The van der Waals surface area contributed by atoms with Crippen molar-refractivity contribution in [2.75, 3.05) is 18.0 Å². The van der Waals surface area contributed by atoms with Crippen LogP contribution in [-0.2, 0) is 17.7 Å². The maximum Gasteiger partial charge on any atom is 0.408 e. The molecule has 12 heteroatoms. The highest BCUT2D eigenvalue weighted by molar-refractivity contribution is 7.15. The summed E-state index contributed by atoms with van der Waals surface area (Å²) in [7, 11) is 0. The molecule has 1 N–H and O–H groups in total. The normalized spacial score (nSPS) is 14.6. The maximum absolute atomic E-state index is 14.0. The van der Waals surface area contributed by atoms with Crippen molar-refractivity contribution in [3.8, 4) is 5.69 Å². The summed E-state index contributed by atoms with van der Waals surface area (Å²) in [5.74, 6) is -1.42. The van der Waals surface area contributed by atoms with Gasteiger partial charge in [0.05, 0.1) is 23.5 Å². The first-order chi connectivity index (χ1) is 19.3. The van der Waals surface area contributed by atoms with E-state index in [-0.39, 0.29) is 17.6 Å². The Morgan fingerprint density at radius 2 is 1.78 bits per heavy atom. The fourth-order valence-electron chi connectivity index (χ4n) is 4.69. The minimum absolute atomic E-state index is 0.189. The number of halogens is 2. The van der Waals surface area contributed by atoms with Crippen molar-refractivity contribution in [2.24, 2.45) is 0 Å². The number of anilines is 1. The molecule has 0 radical (unpaired) electrons. The number of nitrogens with one attached hydrogen (secondary N) is 1. The van der Waals surface area contributed by atoms with Gasteiger partial charge in [0.15, 0.2) is 5.13 Å². The summed E-state index contributed by atoms with van der Waals surface area (Å²) in [6.07, 6.45) is 1.52. The number of ether oxygens (including phenoxy) is 1.